The molecule has 0 aliphatic heterocycles. The molecule has 3 aromatic carbocycles. The van der Waals surface area contributed by atoms with Crippen LogP contribution in [0, 0.1) is 0 Å². The second-order valence-corrected chi connectivity index (χ2v) is 8.77. The average molecular weight is 451 g/mol. The lowest BCUT2D eigenvalue weighted by atomic mass is 10.1. The number of aromatic nitrogens is 2. The third-order valence-electron chi connectivity index (χ3n) is 5.07. The van der Waals surface area contributed by atoms with Crippen LogP contribution in [0.1, 0.15) is 16.2 Å². The molecule has 0 aliphatic carbocycles. The third kappa shape index (κ3) is 4.28. The minimum atomic E-state index is -3.89. The molecule has 4 aromatic rings. The van der Waals surface area contributed by atoms with Gasteiger partial charge in [-0.1, -0.05) is 24.3 Å². The number of sulfonamides is 1. The summed E-state index contributed by atoms with van der Waals surface area (Å²) in [6.07, 6.45) is 0. The molecule has 0 fully saturated rings. The predicted octanol–water partition coefficient (Wildman–Crippen LogP) is 3.31. The van der Waals surface area contributed by atoms with Gasteiger partial charge in [0, 0.05) is 7.05 Å². The van der Waals surface area contributed by atoms with Gasteiger partial charge in [0.05, 0.1) is 40.8 Å². The number of hydrogen-bond acceptors (Lipinski definition) is 5. The van der Waals surface area contributed by atoms with Gasteiger partial charge in [-0.15, -0.1) is 0 Å². The SMILES string of the molecule is COc1ccc(S(=O)(=O)Nc2ccccc2C(=O)NCc2nc3ccccc3n2C)cc1. The third-order valence-corrected chi connectivity index (χ3v) is 6.45. The number of carbonyl (C=O) groups is 1. The van der Waals surface area contributed by atoms with Crippen molar-refractivity contribution in [1.29, 1.82) is 0 Å². The molecule has 0 unspecified atom stereocenters. The minimum Gasteiger partial charge on any atom is -0.497 e. The number of benzene rings is 3. The number of nitrogens with zero attached hydrogens (tertiary/aromatic N) is 2. The van der Waals surface area contributed by atoms with Crippen LogP contribution in [0.25, 0.3) is 11.0 Å². The Morgan fingerprint density at radius 2 is 1.69 bits per heavy atom. The Bertz CT molecular complexity index is 1380. The molecule has 1 aromatic heterocycles. The summed E-state index contributed by atoms with van der Waals surface area (Å²) in [5.74, 6) is 0.826. The Morgan fingerprint density at radius 3 is 2.41 bits per heavy atom. The van der Waals surface area contributed by atoms with Crippen LogP contribution in [0.15, 0.2) is 77.7 Å². The van der Waals surface area contributed by atoms with Gasteiger partial charge in [0.15, 0.2) is 0 Å². The Hall–Kier alpha value is -3.85. The topological polar surface area (TPSA) is 102 Å². The molecule has 164 valence electrons. The highest BCUT2D eigenvalue weighted by Gasteiger charge is 2.19. The van der Waals surface area contributed by atoms with Gasteiger partial charge < -0.3 is 14.6 Å². The number of rotatable bonds is 7. The molecule has 1 amide bonds. The summed E-state index contributed by atoms with van der Waals surface area (Å²) < 4.78 is 35.1. The maximum Gasteiger partial charge on any atom is 0.261 e. The van der Waals surface area contributed by atoms with Crippen molar-refractivity contribution >= 4 is 32.7 Å². The number of fused-ring (bicyclic) bond motifs is 1. The number of ether oxygens (including phenoxy) is 1. The molecule has 2 N–H and O–H groups in total. The average Bonchev–Trinajstić information content (AvgIpc) is 3.13. The summed E-state index contributed by atoms with van der Waals surface area (Å²) in [7, 11) is -0.501. The number of carbonyl (C=O) groups excluding carboxylic acids is 1. The molecule has 1 heterocycles. The van der Waals surface area contributed by atoms with Crippen molar-refractivity contribution in [1.82, 2.24) is 14.9 Å². The summed E-state index contributed by atoms with van der Waals surface area (Å²) in [6, 6.07) is 20.1. The fourth-order valence-corrected chi connectivity index (χ4v) is 4.42. The summed E-state index contributed by atoms with van der Waals surface area (Å²) in [6.45, 7) is 0.198. The largest absolute Gasteiger partial charge is 0.497 e. The molecule has 8 nitrogen and oxygen atoms in total. The number of imidazole rings is 1. The smallest absolute Gasteiger partial charge is 0.261 e. The summed E-state index contributed by atoms with van der Waals surface area (Å²) in [5, 5.41) is 2.82. The van der Waals surface area contributed by atoms with E-state index in [-0.39, 0.29) is 22.7 Å². The van der Waals surface area contributed by atoms with Gasteiger partial charge in [-0.05, 0) is 48.5 Å². The Balaban J connectivity index is 1.53. The van der Waals surface area contributed by atoms with Crippen molar-refractivity contribution in [3.8, 4) is 5.75 Å². The number of anilines is 1. The van der Waals surface area contributed by atoms with Gasteiger partial charge in [-0.2, -0.15) is 0 Å². The highest BCUT2D eigenvalue weighted by atomic mass is 32.2. The standard InChI is InChI=1S/C23H22N4O4S/c1-27-21-10-6-5-9-20(21)25-22(27)15-24-23(28)18-7-3-4-8-19(18)26-32(29,30)17-13-11-16(31-2)12-14-17/h3-14,26H,15H2,1-2H3,(H,24,28). The fourth-order valence-electron chi connectivity index (χ4n) is 3.34. The second-order valence-electron chi connectivity index (χ2n) is 7.09. The first kappa shape index (κ1) is 21.4. The molecular formula is C23H22N4O4S. The first-order valence-electron chi connectivity index (χ1n) is 9.83. The number of methoxy groups -OCH3 is 1. The normalized spacial score (nSPS) is 11.3. The number of amides is 1. The maximum atomic E-state index is 12.9. The van der Waals surface area contributed by atoms with Gasteiger partial charge >= 0.3 is 0 Å². The molecule has 0 spiro atoms. The van der Waals surface area contributed by atoms with Crippen molar-refractivity contribution in [2.45, 2.75) is 11.4 Å². The number of nitrogens with one attached hydrogen (secondary N) is 2. The van der Waals surface area contributed by atoms with Crippen LogP contribution < -0.4 is 14.8 Å². The molecule has 9 heteroatoms. The van der Waals surface area contributed by atoms with E-state index in [0.29, 0.717) is 11.6 Å². The summed E-state index contributed by atoms with van der Waals surface area (Å²) >= 11 is 0. The minimum absolute atomic E-state index is 0.0632. The second kappa shape index (κ2) is 8.72. The van der Waals surface area contributed by atoms with E-state index in [9.17, 15) is 13.2 Å². The molecular weight excluding hydrogens is 428 g/mol. The monoisotopic (exact) mass is 450 g/mol. The van der Waals surface area contributed by atoms with E-state index in [1.54, 1.807) is 36.4 Å². The van der Waals surface area contributed by atoms with Gasteiger partial charge in [0.25, 0.3) is 15.9 Å². The van der Waals surface area contributed by atoms with E-state index in [1.807, 2.05) is 35.9 Å². The van der Waals surface area contributed by atoms with E-state index < -0.39 is 15.9 Å². The van der Waals surface area contributed by atoms with Crippen LogP contribution in [0.3, 0.4) is 0 Å². The molecule has 0 radical (unpaired) electrons. The highest BCUT2D eigenvalue weighted by Crippen LogP contribution is 2.22. The molecule has 32 heavy (non-hydrogen) atoms. The van der Waals surface area contributed by atoms with Crippen LogP contribution >= 0.6 is 0 Å². The molecule has 0 bridgehead atoms. The van der Waals surface area contributed by atoms with Gasteiger partial charge in [-0.3, -0.25) is 9.52 Å². The van der Waals surface area contributed by atoms with E-state index in [4.69, 9.17) is 4.74 Å². The lowest BCUT2D eigenvalue weighted by Crippen LogP contribution is -2.26. The highest BCUT2D eigenvalue weighted by molar-refractivity contribution is 7.92. The van der Waals surface area contributed by atoms with E-state index in [2.05, 4.69) is 15.0 Å². The van der Waals surface area contributed by atoms with Crippen LogP contribution in [-0.4, -0.2) is 31.0 Å². The van der Waals surface area contributed by atoms with Crippen molar-refractivity contribution in [3.05, 3.63) is 84.2 Å². The van der Waals surface area contributed by atoms with Crippen molar-refractivity contribution in [2.75, 3.05) is 11.8 Å². The first-order valence-corrected chi connectivity index (χ1v) is 11.3. The summed E-state index contributed by atoms with van der Waals surface area (Å²) in [5.41, 5.74) is 2.20. The van der Waals surface area contributed by atoms with Crippen molar-refractivity contribution < 1.29 is 17.9 Å². The number of para-hydroxylation sites is 3. The van der Waals surface area contributed by atoms with Crippen LogP contribution in [0.5, 0.6) is 5.75 Å². The number of hydrogen-bond donors (Lipinski definition) is 2. The molecule has 0 atom stereocenters. The zero-order valence-electron chi connectivity index (χ0n) is 17.6. The lowest BCUT2D eigenvalue weighted by molar-refractivity contribution is 0.0950. The first-order chi connectivity index (χ1) is 15.4. The van der Waals surface area contributed by atoms with E-state index >= 15 is 0 Å². The fraction of sp³-hybridized carbons (Fsp3) is 0.130. The Kier molecular flexibility index (Phi) is 5.83. The zero-order chi connectivity index (χ0) is 22.7. The van der Waals surface area contributed by atoms with Crippen LogP contribution in [0.4, 0.5) is 5.69 Å². The molecule has 0 aliphatic rings. The van der Waals surface area contributed by atoms with Crippen LogP contribution in [-0.2, 0) is 23.6 Å². The summed E-state index contributed by atoms with van der Waals surface area (Å²) in [4.78, 5) is 17.5. The van der Waals surface area contributed by atoms with Gasteiger partial charge in [-0.25, -0.2) is 13.4 Å². The van der Waals surface area contributed by atoms with Crippen molar-refractivity contribution in [3.63, 3.8) is 0 Å². The van der Waals surface area contributed by atoms with E-state index in [1.165, 1.54) is 19.2 Å². The number of aryl methyl sites for hydroxylation is 1. The van der Waals surface area contributed by atoms with E-state index in [0.717, 1.165) is 11.0 Å². The Labute approximate surface area is 185 Å². The quantitative estimate of drug-likeness (QED) is 0.450. The lowest BCUT2D eigenvalue weighted by Gasteiger charge is -2.13. The van der Waals surface area contributed by atoms with Gasteiger partial charge in [0.2, 0.25) is 0 Å². The molecule has 0 saturated heterocycles. The van der Waals surface area contributed by atoms with Gasteiger partial charge in [0.1, 0.15) is 11.6 Å². The maximum absolute atomic E-state index is 12.9. The van der Waals surface area contributed by atoms with Crippen LogP contribution in [0.2, 0.25) is 0 Å². The zero-order valence-corrected chi connectivity index (χ0v) is 18.4. The predicted molar refractivity (Wildman–Crippen MR) is 122 cm³/mol. The Morgan fingerprint density at radius 1 is 1.00 bits per heavy atom. The molecule has 0 saturated carbocycles. The van der Waals surface area contributed by atoms with Crippen molar-refractivity contribution in [2.24, 2.45) is 7.05 Å². The molecule has 4 rings (SSSR count).